The Balaban J connectivity index is 1.95. The molecule has 1 aromatic rings. The van der Waals surface area contributed by atoms with Crippen LogP contribution >= 0.6 is 0 Å². The van der Waals surface area contributed by atoms with E-state index in [9.17, 15) is 0 Å². The lowest BCUT2D eigenvalue weighted by Gasteiger charge is -2.19. The molecule has 0 heteroatoms. The summed E-state index contributed by atoms with van der Waals surface area (Å²) in [6.07, 6.45) is 18.4. The lowest BCUT2D eigenvalue weighted by atomic mass is 9.86. The van der Waals surface area contributed by atoms with Crippen LogP contribution in [0, 0.1) is 0 Å². The molecule has 0 nitrogen and oxygen atoms in total. The monoisotopic (exact) mass is 330 g/mol. The van der Waals surface area contributed by atoms with Crippen molar-refractivity contribution in [3.8, 4) is 0 Å². The highest BCUT2D eigenvalue weighted by atomic mass is 14.2. The summed E-state index contributed by atoms with van der Waals surface area (Å²) in [5.41, 5.74) is 3.23. The Morgan fingerprint density at radius 1 is 0.583 bits per heavy atom. The molecule has 0 aliphatic rings. The summed E-state index contributed by atoms with van der Waals surface area (Å²) in [6.45, 7) is 9.15. The SMILES string of the molecule is CCCCCCCCCCCCCCc1ccc(C(C)(C)C)cc1. The predicted octanol–water partition coefficient (Wildman–Crippen LogP) is 8.23. The fraction of sp³-hybridized carbons (Fsp3) is 0.750. The van der Waals surface area contributed by atoms with Gasteiger partial charge in [0.2, 0.25) is 0 Å². The number of aryl methyl sites for hydroxylation is 1. The van der Waals surface area contributed by atoms with E-state index in [-0.39, 0.29) is 5.41 Å². The molecule has 0 aromatic heterocycles. The van der Waals surface area contributed by atoms with Crippen LogP contribution in [-0.2, 0) is 11.8 Å². The van der Waals surface area contributed by atoms with Crippen molar-refractivity contribution in [2.45, 2.75) is 117 Å². The second kappa shape index (κ2) is 12.6. The van der Waals surface area contributed by atoms with Crippen molar-refractivity contribution in [1.82, 2.24) is 0 Å². The van der Waals surface area contributed by atoms with Gasteiger partial charge in [0, 0.05) is 0 Å². The third kappa shape index (κ3) is 10.2. The smallest absolute Gasteiger partial charge is 0.0132 e. The first-order chi connectivity index (χ1) is 11.5. The molecule has 138 valence electrons. The van der Waals surface area contributed by atoms with Crippen LogP contribution < -0.4 is 0 Å². The van der Waals surface area contributed by atoms with E-state index >= 15 is 0 Å². The first-order valence-corrected chi connectivity index (χ1v) is 10.6. The van der Waals surface area contributed by atoms with Gasteiger partial charge in [-0.1, -0.05) is 123 Å². The van der Waals surface area contributed by atoms with Gasteiger partial charge in [0.15, 0.2) is 0 Å². The maximum absolute atomic E-state index is 2.33. The standard InChI is InChI=1S/C24H42/c1-5-6-7-8-9-10-11-12-13-14-15-16-17-22-18-20-23(21-19-22)24(2,3)4/h18-21H,5-17H2,1-4H3. The fourth-order valence-corrected chi connectivity index (χ4v) is 3.34. The Bertz CT molecular complexity index is 393. The van der Waals surface area contributed by atoms with Crippen LogP contribution in [0.15, 0.2) is 24.3 Å². The lowest BCUT2D eigenvalue weighted by molar-refractivity contribution is 0.544. The number of rotatable bonds is 13. The van der Waals surface area contributed by atoms with Gasteiger partial charge < -0.3 is 0 Å². The van der Waals surface area contributed by atoms with E-state index in [0.717, 1.165) is 0 Å². The Hall–Kier alpha value is -0.780. The molecule has 0 fully saturated rings. The maximum atomic E-state index is 2.33. The lowest BCUT2D eigenvalue weighted by Crippen LogP contribution is -2.10. The van der Waals surface area contributed by atoms with Crippen LogP contribution in [-0.4, -0.2) is 0 Å². The van der Waals surface area contributed by atoms with Gasteiger partial charge in [0.1, 0.15) is 0 Å². The molecule has 0 saturated heterocycles. The molecule has 0 radical (unpaired) electrons. The molecule has 0 aliphatic heterocycles. The van der Waals surface area contributed by atoms with Crippen molar-refractivity contribution >= 4 is 0 Å². The van der Waals surface area contributed by atoms with Gasteiger partial charge in [0.25, 0.3) is 0 Å². The third-order valence-electron chi connectivity index (χ3n) is 5.14. The number of unbranched alkanes of at least 4 members (excludes halogenated alkanes) is 11. The molecule has 1 aromatic carbocycles. The van der Waals surface area contributed by atoms with Crippen LogP contribution in [0.3, 0.4) is 0 Å². The van der Waals surface area contributed by atoms with Crippen LogP contribution in [0.25, 0.3) is 0 Å². The summed E-state index contributed by atoms with van der Waals surface area (Å²) in [4.78, 5) is 0. The Morgan fingerprint density at radius 2 is 1.00 bits per heavy atom. The van der Waals surface area contributed by atoms with Crippen LogP contribution in [0.5, 0.6) is 0 Å². The van der Waals surface area contributed by atoms with Crippen LogP contribution in [0.2, 0.25) is 0 Å². The van der Waals surface area contributed by atoms with E-state index in [2.05, 4.69) is 52.0 Å². The van der Waals surface area contributed by atoms with Gasteiger partial charge in [-0.25, -0.2) is 0 Å². The first kappa shape index (κ1) is 21.3. The molecular formula is C24H42. The number of hydrogen-bond donors (Lipinski definition) is 0. The summed E-state index contributed by atoms with van der Waals surface area (Å²) >= 11 is 0. The van der Waals surface area contributed by atoms with Crippen molar-refractivity contribution in [3.05, 3.63) is 35.4 Å². The average Bonchev–Trinajstić information content (AvgIpc) is 2.55. The van der Waals surface area contributed by atoms with Crippen LogP contribution in [0.1, 0.15) is 116 Å². The van der Waals surface area contributed by atoms with Crippen molar-refractivity contribution < 1.29 is 0 Å². The molecule has 0 N–H and O–H groups in total. The van der Waals surface area contributed by atoms with Gasteiger partial charge in [-0.3, -0.25) is 0 Å². The molecule has 0 amide bonds. The number of benzene rings is 1. The van der Waals surface area contributed by atoms with Gasteiger partial charge in [-0.15, -0.1) is 0 Å². The summed E-state index contributed by atoms with van der Waals surface area (Å²) in [5.74, 6) is 0. The topological polar surface area (TPSA) is 0 Å². The van der Waals surface area contributed by atoms with Crippen molar-refractivity contribution in [3.63, 3.8) is 0 Å². The molecule has 1 rings (SSSR count). The van der Waals surface area contributed by atoms with E-state index in [1.54, 1.807) is 0 Å². The Kier molecular flexibility index (Phi) is 11.1. The molecule has 0 atom stereocenters. The highest BCUT2D eigenvalue weighted by molar-refractivity contribution is 5.27. The van der Waals surface area contributed by atoms with Gasteiger partial charge in [-0.05, 0) is 29.4 Å². The zero-order valence-electron chi connectivity index (χ0n) is 17.0. The first-order valence-electron chi connectivity index (χ1n) is 10.6. The van der Waals surface area contributed by atoms with Gasteiger partial charge in [-0.2, -0.15) is 0 Å². The molecule has 0 aliphatic carbocycles. The molecule has 24 heavy (non-hydrogen) atoms. The normalized spacial score (nSPS) is 11.8. The Morgan fingerprint density at radius 3 is 1.42 bits per heavy atom. The highest BCUT2D eigenvalue weighted by Gasteiger charge is 2.12. The van der Waals surface area contributed by atoms with Gasteiger partial charge in [0.05, 0.1) is 0 Å². The van der Waals surface area contributed by atoms with Crippen LogP contribution in [0.4, 0.5) is 0 Å². The Labute approximate surface area is 152 Å². The van der Waals surface area contributed by atoms with E-state index in [1.807, 2.05) is 0 Å². The van der Waals surface area contributed by atoms with Crippen molar-refractivity contribution in [2.75, 3.05) is 0 Å². The minimum absolute atomic E-state index is 0.272. The molecule has 0 spiro atoms. The fourth-order valence-electron chi connectivity index (χ4n) is 3.34. The molecule has 0 heterocycles. The van der Waals surface area contributed by atoms with Crippen molar-refractivity contribution in [1.29, 1.82) is 0 Å². The summed E-state index contributed by atoms with van der Waals surface area (Å²) in [7, 11) is 0. The molecular weight excluding hydrogens is 288 g/mol. The second-order valence-corrected chi connectivity index (χ2v) is 8.59. The zero-order valence-corrected chi connectivity index (χ0v) is 17.0. The minimum Gasteiger partial charge on any atom is -0.0654 e. The highest BCUT2D eigenvalue weighted by Crippen LogP contribution is 2.22. The third-order valence-corrected chi connectivity index (χ3v) is 5.14. The largest absolute Gasteiger partial charge is 0.0654 e. The maximum Gasteiger partial charge on any atom is -0.0132 e. The minimum atomic E-state index is 0.272. The summed E-state index contributed by atoms with van der Waals surface area (Å²) in [6, 6.07) is 9.30. The zero-order chi connectivity index (χ0) is 17.7. The summed E-state index contributed by atoms with van der Waals surface area (Å²) < 4.78 is 0. The molecule has 0 saturated carbocycles. The van der Waals surface area contributed by atoms with Crippen molar-refractivity contribution in [2.24, 2.45) is 0 Å². The van der Waals surface area contributed by atoms with E-state index in [0.29, 0.717) is 0 Å². The van der Waals surface area contributed by atoms with E-state index in [4.69, 9.17) is 0 Å². The molecule has 0 bridgehead atoms. The van der Waals surface area contributed by atoms with E-state index in [1.165, 1.54) is 94.6 Å². The number of hydrogen-bond acceptors (Lipinski definition) is 0. The average molecular weight is 331 g/mol. The predicted molar refractivity (Wildman–Crippen MR) is 110 cm³/mol. The van der Waals surface area contributed by atoms with Gasteiger partial charge >= 0.3 is 0 Å². The summed E-state index contributed by atoms with van der Waals surface area (Å²) in [5, 5.41) is 0. The second-order valence-electron chi connectivity index (χ2n) is 8.59. The molecule has 0 unspecified atom stereocenters. The quantitative estimate of drug-likeness (QED) is 0.319. The van der Waals surface area contributed by atoms with E-state index < -0.39 is 0 Å².